The van der Waals surface area contributed by atoms with Crippen molar-refractivity contribution < 1.29 is 4.79 Å². The van der Waals surface area contributed by atoms with E-state index in [1.807, 2.05) is 0 Å². The first-order valence-electron chi connectivity index (χ1n) is 3.38. The van der Waals surface area contributed by atoms with Crippen LogP contribution in [0, 0.1) is 0 Å². The highest BCUT2D eigenvalue weighted by atomic mass is 32.2. The molecule has 2 nitrogen and oxygen atoms in total. The lowest BCUT2D eigenvalue weighted by molar-refractivity contribution is 0.264. The highest BCUT2D eigenvalue weighted by molar-refractivity contribution is 7.98. The average molecular weight is 155 g/mol. The minimum Gasteiger partial charge on any atom is -0.309 e. The van der Waals surface area contributed by atoms with Crippen LogP contribution in [-0.4, -0.2) is 18.3 Å². The van der Waals surface area contributed by atoms with Gasteiger partial charge in [-0.3, -0.25) is 4.79 Å². The molecule has 1 amide bonds. The van der Waals surface area contributed by atoms with Gasteiger partial charge in [0.2, 0.25) is 0 Å². The maximum Gasteiger partial charge on any atom is 0.259 e. The van der Waals surface area contributed by atoms with Crippen LogP contribution >= 0.6 is 11.9 Å². The molecule has 54 valence electrons. The normalized spacial score (nSPS) is 16.0. The summed E-state index contributed by atoms with van der Waals surface area (Å²) in [6.45, 7) is 3.47. The molecule has 0 atom stereocenters. The SMILES string of the molecule is C=CBC(=O)NSC1CC1. The Hall–Kier alpha value is -0.375. The zero-order valence-corrected chi connectivity index (χ0v) is 6.62. The molecule has 0 bridgehead atoms. The fourth-order valence-corrected chi connectivity index (χ4v) is 1.26. The lowest BCUT2D eigenvalue weighted by Gasteiger charge is -1.97. The molecule has 0 spiro atoms. The molecule has 0 aromatic rings. The van der Waals surface area contributed by atoms with E-state index < -0.39 is 0 Å². The predicted molar refractivity (Wildman–Crippen MR) is 46.5 cm³/mol. The number of hydrogen-bond acceptors (Lipinski definition) is 2. The van der Waals surface area contributed by atoms with Crippen LogP contribution in [0.15, 0.2) is 12.6 Å². The van der Waals surface area contributed by atoms with E-state index in [0.29, 0.717) is 12.5 Å². The predicted octanol–water partition coefficient (Wildman–Crippen LogP) is 1.09. The van der Waals surface area contributed by atoms with Gasteiger partial charge >= 0.3 is 0 Å². The molecule has 1 aliphatic rings. The van der Waals surface area contributed by atoms with Crippen molar-refractivity contribution >= 4 is 25.0 Å². The summed E-state index contributed by atoms with van der Waals surface area (Å²) in [6, 6.07) is 0. The van der Waals surface area contributed by atoms with Crippen LogP contribution in [-0.2, 0) is 0 Å². The Kier molecular flexibility index (Phi) is 2.87. The Morgan fingerprint density at radius 1 is 1.80 bits per heavy atom. The van der Waals surface area contributed by atoms with Gasteiger partial charge in [0.05, 0.1) is 0 Å². The fourth-order valence-electron chi connectivity index (χ4n) is 0.508. The Labute approximate surface area is 65.8 Å². The Morgan fingerprint density at radius 3 is 3.00 bits per heavy atom. The summed E-state index contributed by atoms with van der Waals surface area (Å²) in [4.78, 5) is 10.8. The molecular formula is C6H10BNOS. The zero-order chi connectivity index (χ0) is 7.40. The first-order valence-corrected chi connectivity index (χ1v) is 4.26. The molecule has 10 heavy (non-hydrogen) atoms. The molecule has 0 aromatic heterocycles. The number of nitrogens with one attached hydrogen (secondary N) is 1. The second-order valence-corrected chi connectivity index (χ2v) is 3.44. The molecule has 1 aliphatic carbocycles. The minimum atomic E-state index is 0.0619. The minimum absolute atomic E-state index is 0.0619. The Balaban J connectivity index is 1.99. The van der Waals surface area contributed by atoms with Gasteiger partial charge in [-0.25, -0.2) is 0 Å². The van der Waals surface area contributed by atoms with Gasteiger partial charge in [-0.2, -0.15) is 0 Å². The zero-order valence-electron chi connectivity index (χ0n) is 5.80. The van der Waals surface area contributed by atoms with Crippen LogP contribution in [0.4, 0.5) is 4.79 Å². The Morgan fingerprint density at radius 2 is 2.50 bits per heavy atom. The Bertz CT molecular complexity index is 147. The van der Waals surface area contributed by atoms with E-state index >= 15 is 0 Å². The number of hydrogen-bond donors (Lipinski definition) is 1. The van der Waals surface area contributed by atoms with E-state index in [4.69, 9.17) is 0 Å². The third-order valence-corrected chi connectivity index (χ3v) is 2.34. The standard InChI is InChI=1S/C6H10BNOS/c1-2-7-6(9)8-10-5-3-4-5/h2,5,7H,1,3-4H2,(H,8,9). The van der Waals surface area contributed by atoms with Crippen LogP contribution in [0.5, 0.6) is 0 Å². The van der Waals surface area contributed by atoms with E-state index in [9.17, 15) is 4.79 Å². The monoisotopic (exact) mass is 155 g/mol. The molecule has 4 heteroatoms. The molecule has 1 fully saturated rings. The number of rotatable bonds is 4. The van der Waals surface area contributed by atoms with E-state index in [0.717, 1.165) is 0 Å². The number of amides is 1. The van der Waals surface area contributed by atoms with Gasteiger partial charge in [-0.15, -0.1) is 12.6 Å². The van der Waals surface area contributed by atoms with Crippen molar-refractivity contribution in [3.63, 3.8) is 0 Å². The first kappa shape index (κ1) is 7.73. The van der Waals surface area contributed by atoms with Crippen molar-refractivity contribution in [1.29, 1.82) is 0 Å². The number of carbonyl (C=O) groups is 1. The summed E-state index contributed by atoms with van der Waals surface area (Å²) in [6.07, 6.45) is 2.50. The fraction of sp³-hybridized carbons (Fsp3) is 0.500. The van der Waals surface area contributed by atoms with Crippen LogP contribution in [0.2, 0.25) is 0 Å². The van der Waals surface area contributed by atoms with Crippen molar-refractivity contribution in [3.8, 4) is 0 Å². The molecule has 0 aromatic carbocycles. The van der Waals surface area contributed by atoms with E-state index in [1.54, 1.807) is 17.9 Å². The van der Waals surface area contributed by atoms with Crippen molar-refractivity contribution in [1.82, 2.24) is 4.72 Å². The summed E-state index contributed by atoms with van der Waals surface area (Å²) in [5.74, 6) is 1.68. The summed E-state index contributed by atoms with van der Waals surface area (Å²) >= 11 is 1.54. The summed E-state index contributed by atoms with van der Waals surface area (Å²) in [7, 11) is 0.430. The second kappa shape index (κ2) is 3.71. The van der Waals surface area contributed by atoms with Crippen molar-refractivity contribution in [2.45, 2.75) is 18.1 Å². The van der Waals surface area contributed by atoms with Crippen LogP contribution in [0.1, 0.15) is 12.8 Å². The van der Waals surface area contributed by atoms with E-state index in [-0.39, 0.29) is 5.81 Å². The van der Waals surface area contributed by atoms with Gasteiger partial charge in [-0.1, -0.05) is 0 Å². The van der Waals surface area contributed by atoms with Crippen LogP contribution in [0.3, 0.4) is 0 Å². The molecule has 0 heterocycles. The first-order chi connectivity index (χ1) is 4.83. The molecular weight excluding hydrogens is 145 g/mol. The summed E-state index contributed by atoms with van der Waals surface area (Å²) in [5.41, 5.74) is 0. The lowest BCUT2D eigenvalue weighted by atomic mass is 9.79. The van der Waals surface area contributed by atoms with E-state index in [1.165, 1.54) is 12.8 Å². The quantitative estimate of drug-likeness (QED) is 0.486. The average Bonchev–Trinajstić information content (AvgIpc) is 2.67. The van der Waals surface area contributed by atoms with Crippen molar-refractivity contribution in [2.24, 2.45) is 0 Å². The van der Waals surface area contributed by atoms with Gasteiger partial charge in [0, 0.05) is 5.25 Å². The van der Waals surface area contributed by atoms with Gasteiger partial charge in [-0.05, 0) is 24.8 Å². The van der Waals surface area contributed by atoms with Crippen LogP contribution < -0.4 is 4.72 Å². The van der Waals surface area contributed by atoms with Crippen molar-refractivity contribution in [3.05, 3.63) is 12.6 Å². The molecule has 1 saturated carbocycles. The highest BCUT2D eigenvalue weighted by Crippen LogP contribution is 2.31. The summed E-state index contributed by atoms with van der Waals surface area (Å²) < 4.78 is 2.75. The maximum absolute atomic E-state index is 10.8. The van der Waals surface area contributed by atoms with Gasteiger partial charge in [0.1, 0.15) is 0 Å². The molecule has 0 saturated heterocycles. The third-order valence-electron chi connectivity index (χ3n) is 1.19. The van der Waals surface area contributed by atoms with Crippen LogP contribution in [0.25, 0.3) is 0 Å². The smallest absolute Gasteiger partial charge is 0.259 e. The molecule has 0 aliphatic heterocycles. The largest absolute Gasteiger partial charge is 0.309 e. The lowest BCUT2D eigenvalue weighted by Crippen LogP contribution is -2.19. The molecule has 0 radical (unpaired) electrons. The molecule has 1 N–H and O–H groups in total. The second-order valence-electron chi connectivity index (χ2n) is 2.34. The maximum atomic E-state index is 10.8. The molecule has 1 rings (SSSR count). The number of carbonyl (C=O) groups excluding carboxylic acids is 1. The third kappa shape index (κ3) is 2.96. The van der Waals surface area contributed by atoms with Crippen molar-refractivity contribution in [2.75, 3.05) is 0 Å². The summed E-state index contributed by atoms with van der Waals surface area (Å²) in [5, 5.41) is 0.689. The van der Waals surface area contributed by atoms with Gasteiger partial charge in [0.25, 0.3) is 7.28 Å². The van der Waals surface area contributed by atoms with Gasteiger partial charge < -0.3 is 4.72 Å². The van der Waals surface area contributed by atoms with E-state index in [2.05, 4.69) is 11.3 Å². The highest BCUT2D eigenvalue weighted by Gasteiger charge is 2.22. The van der Waals surface area contributed by atoms with Gasteiger partial charge in [0.15, 0.2) is 5.81 Å². The molecule has 0 unspecified atom stereocenters. The topological polar surface area (TPSA) is 29.1 Å².